The molecule has 0 aliphatic carbocycles. The van der Waals surface area contributed by atoms with Crippen molar-refractivity contribution >= 4 is 17.5 Å². The van der Waals surface area contributed by atoms with E-state index in [2.05, 4.69) is 32.8 Å². The van der Waals surface area contributed by atoms with E-state index in [0.717, 1.165) is 26.5 Å². The van der Waals surface area contributed by atoms with Crippen molar-refractivity contribution in [3.05, 3.63) is 65.0 Å². The van der Waals surface area contributed by atoms with Gasteiger partial charge < -0.3 is 0 Å². The van der Waals surface area contributed by atoms with Gasteiger partial charge in [-0.05, 0) is 39.8 Å². The maximum Gasteiger partial charge on any atom is 0.168 e. The van der Waals surface area contributed by atoms with Gasteiger partial charge >= 0.3 is 0 Å². The summed E-state index contributed by atoms with van der Waals surface area (Å²) in [6.45, 7) is 0. The van der Waals surface area contributed by atoms with Gasteiger partial charge in [-0.2, -0.15) is 0 Å². The molecule has 0 atom stereocenters. The molecule has 3 aromatic rings. The highest BCUT2D eigenvalue weighted by Crippen LogP contribution is 2.37. The normalized spacial score (nSPS) is 13.4. The lowest BCUT2D eigenvalue weighted by molar-refractivity contribution is 0.0990. The van der Waals surface area contributed by atoms with E-state index in [1.165, 1.54) is 0 Å². The number of Topliss-reactive ketones (excluding diaryl/α,β-unsaturated/α-hetero) is 1. The minimum absolute atomic E-state index is 0.167. The van der Waals surface area contributed by atoms with Crippen molar-refractivity contribution < 1.29 is 4.79 Å². The lowest BCUT2D eigenvalue weighted by Crippen LogP contribution is -2.03. The van der Waals surface area contributed by atoms with Crippen LogP contribution in [-0.2, 0) is 12.8 Å². The number of benzene rings is 2. The largest absolute Gasteiger partial charge is 0.294 e. The van der Waals surface area contributed by atoms with E-state index in [9.17, 15) is 4.79 Å². The summed E-state index contributed by atoms with van der Waals surface area (Å²) >= 11 is 1.65. The van der Waals surface area contributed by atoms with E-state index in [-0.39, 0.29) is 5.78 Å². The fraction of sp³-hybridized carbons (Fsp3) is 0.125. The fourth-order valence-electron chi connectivity index (χ4n) is 2.57. The second-order valence-corrected chi connectivity index (χ2v) is 6.25. The van der Waals surface area contributed by atoms with E-state index in [1.807, 2.05) is 30.3 Å². The molecular formula is C16H12N4OS. The molecule has 0 saturated carbocycles. The molecule has 0 bridgehead atoms. The predicted octanol–water partition coefficient (Wildman–Crippen LogP) is 2.68. The third-order valence-electron chi connectivity index (χ3n) is 3.65. The monoisotopic (exact) mass is 308 g/mol. The first-order chi connectivity index (χ1) is 10.8. The summed E-state index contributed by atoms with van der Waals surface area (Å²) in [4.78, 5) is 14.6. The van der Waals surface area contributed by atoms with Crippen molar-refractivity contribution in [3.8, 4) is 0 Å². The van der Waals surface area contributed by atoms with E-state index in [0.29, 0.717) is 18.7 Å². The number of nitrogens with one attached hydrogen (secondary N) is 1. The highest BCUT2D eigenvalue weighted by Gasteiger charge is 2.20. The molecule has 0 amide bonds. The standard InChI is InChI=1S/C16H12N4OS/c21-13-9-11-3-1-2-4-14(11)22-15-7-10(5-6-12(13)15)8-16-17-19-20-18-16/h1-7H,8-9H2,(H,17,18,19,20). The van der Waals surface area contributed by atoms with Crippen LogP contribution in [0.15, 0.2) is 52.3 Å². The third-order valence-corrected chi connectivity index (χ3v) is 4.83. The second-order valence-electron chi connectivity index (χ2n) is 5.16. The number of H-pyrrole nitrogens is 1. The molecular weight excluding hydrogens is 296 g/mol. The Balaban J connectivity index is 1.73. The van der Waals surface area contributed by atoms with Gasteiger partial charge in [0.2, 0.25) is 0 Å². The van der Waals surface area contributed by atoms with Crippen molar-refractivity contribution in [1.82, 2.24) is 20.6 Å². The summed E-state index contributed by atoms with van der Waals surface area (Å²) in [6.07, 6.45) is 1.08. The molecule has 1 aromatic heterocycles. The van der Waals surface area contributed by atoms with Gasteiger partial charge in [-0.1, -0.05) is 36.0 Å². The molecule has 0 spiro atoms. The van der Waals surface area contributed by atoms with Crippen LogP contribution in [0.4, 0.5) is 0 Å². The van der Waals surface area contributed by atoms with Gasteiger partial charge in [0, 0.05) is 28.2 Å². The van der Waals surface area contributed by atoms with E-state index < -0.39 is 0 Å². The zero-order valence-electron chi connectivity index (χ0n) is 11.6. The van der Waals surface area contributed by atoms with Crippen LogP contribution in [0.3, 0.4) is 0 Å². The topological polar surface area (TPSA) is 71.5 Å². The number of nitrogens with zero attached hydrogens (tertiary/aromatic N) is 3. The lowest BCUT2D eigenvalue weighted by atomic mass is 10.0. The van der Waals surface area contributed by atoms with Crippen LogP contribution in [0.1, 0.15) is 27.3 Å². The van der Waals surface area contributed by atoms with Crippen molar-refractivity contribution in [1.29, 1.82) is 0 Å². The SMILES string of the molecule is O=C1Cc2ccccc2Sc2cc(Cc3nnn[nH]3)ccc21. The second kappa shape index (κ2) is 5.38. The molecule has 5 nitrogen and oxygen atoms in total. The van der Waals surface area contributed by atoms with Crippen molar-refractivity contribution in [3.63, 3.8) is 0 Å². The molecule has 6 heteroatoms. The Morgan fingerprint density at radius 3 is 2.91 bits per heavy atom. The molecule has 4 rings (SSSR count). The van der Waals surface area contributed by atoms with Crippen LogP contribution in [-0.4, -0.2) is 26.4 Å². The summed E-state index contributed by atoms with van der Waals surface area (Å²) < 4.78 is 0. The average molecular weight is 308 g/mol. The maximum absolute atomic E-state index is 12.4. The van der Waals surface area contributed by atoms with Crippen LogP contribution in [0.2, 0.25) is 0 Å². The van der Waals surface area contributed by atoms with Crippen LogP contribution < -0.4 is 0 Å². The number of hydrogen-bond donors (Lipinski definition) is 1. The average Bonchev–Trinajstić information content (AvgIpc) is 2.97. The zero-order chi connectivity index (χ0) is 14.9. The van der Waals surface area contributed by atoms with Crippen molar-refractivity contribution in [2.24, 2.45) is 0 Å². The Kier molecular flexibility index (Phi) is 3.23. The van der Waals surface area contributed by atoms with Gasteiger partial charge in [0.15, 0.2) is 11.6 Å². The predicted molar refractivity (Wildman–Crippen MR) is 82.0 cm³/mol. The molecule has 0 saturated heterocycles. The summed E-state index contributed by atoms with van der Waals surface area (Å²) in [5.74, 6) is 0.880. The Morgan fingerprint density at radius 1 is 1.14 bits per heavy atom. The maximum atomic E-state index is 12.4. The highest BCUT2D eigenvalue weighted by molar-refractivity contribution is 7.99. The first-order valence-corrected chi connectivity index (χ1v) is 7.76. The number of aromatic amines is 1. The molecule has 108 valence electrons. The number of carbonyl (C=O) groups excluding carboxylic acids is 1. The van der Waals surface area contributed by atoms with Crippen LogP contribution in [0.25, 0.3) is 0 Å². The van der Waals surface area contributed by atoms with Crippen molar-refractivity contribution in [2.45, 2.75) is 22.6 Å². The van der Waals surface area contributed by atoms with E-state index in [1.54, 1.807) is 11.8 Å². The number of hydrogen-bond acceptors (Lipinski definition) is 5. The minimum atomic E-state index is 0.167. The molecule has 2 aromatic carbocycles. The molecule has 1 aliphatic rings. The van der Waals surface area contributed by atoms with Gasteiger partial charge in [0.05, 0.1) is 0 Å². The van der Waals surface area contributed by atoms with Gasteiger partial charge in [0.1, 0.15) is 0 Å². The quantitative estimate of drug-likeness (QED) is 0.788. The number of aromatic nitrogens is 4. The Morgan fingerprint density at radius 2 is 2.05 bits per heavy atom. The van der Waals surface area contributed by atoms with Gasteiger partial charge in [-0.25, -0.2) is 5.10 Å². The molecule has 1 N–H and O–H groups in total. The molecule has 0 fully saturated rings. The number of ketones is 1. The molecule has 22 heavy (non-hydrogen) atoms. The fourth-order valence-corrected chi connectivity index (χ4v) is 3.73. The van der Waals surface area contributed by atoms with Crippen molar-refractivity contribution in [2.75, 3.05) is 0 Å². The van der Waals surface area contributed by atoms with Gasteiger partial charge in [0.25, 0.3) is 0 Å². The third kappa shape index (κ3) is 2.42. The Hall–Kier alpha value is -2.47. The van der Waals surface area contributed by atoms with E-state index >= 15 is 0 Å². The zero-order valence-corrected chi connectivity index (χ0v) is 12.4. The van der Waals surface area contributed by atoms with Gasteiger partial charge in [-0.15, -0.1) is 5.10 Å². The molecule has 0 unspecified atom stereocenters. The van der Waals surface area contributed by atoms with Crippen LogP contribution in [0.5, 0.6) is 0 Å². The number of rotatable bonds is 2. The first-order valence-electron chi connectivity index (χ1n) is 6.94. The summed E-state index contributed by atoms with van der Waals surface area (Å²) in [7, 11) is 0. The Bertz CT molecular complexity index is 845. The van der Waals surface area contributed by atoms with E-state index in [4.69, 9.17) is 0 Å². The molecule has 1 aliphatic heterocycles. The molecule has 0 radical (unpaired) electrons. The number of tetrazole rings is 1. The summed E-state index contributed by atoms with van der Waals surface area (Å²) in [5.41, 5.74) is 2.97. The number of carbonyl (C=O) groups is 1. The molecule has 2 heterocycles. The lowest BCUT2D eigenvalue weighted by Gasteiger charge is -2.07. The summed E-state index contributed by atoms with van der Waals surface area (Å²) in [6, 6.07) is 14.0. The smallest absolute Gasteiger partial charge is 0.168 e. The highest BCUT2D eigenvalue weighted by atomic mass is 32.2. The van der Waals surface area contributed by atoms with Crippen LogP contribution >= 0.6 is 11.8 Å². The Labute approximate surface area is 131 Å². The summed E-state index contributed by atoms with van der Waals surface area (Å²) in [5, 5.41) is 13.8. The number of fused-ring (bicyclic) bond motifs is 2. The minimum Gasteiger partial charge on any atom is -0.294 e. The van der Waals surface area contributed by atoms with Gasteiger partial charge in [-0.3, -0.25) is 4.79 Å². The first kappa shape index (κ1) is 13.2. The van der Waals surface area contributed by atoms with Crippen LogP contribution in [0, 0.1) is 0 Å².